The molecule has 0 rings (SSSR count). The Bertz CT molecular complexity index is 911. The van der Waals surface area contributed by atoms with Gasteiger partial charge in [-0.05, 0) is 96.4 Å². The summed E-state index contributed by atoms with van der Waals surface area (Å²) in [5.41, 5.74) is 5.47. The minimum atomic E-state index is -1.01. The van der Waals surface area contributed by atoms with Gasteiger partial charge in [-0.15, -0.1) is 0 Å². The van der Waals surface area contributed by atoms with Crippen molar-refractivity contribution in [1.29, 1.82) is 0 Å². The molecule has 0 radical (unpaired) electrons. The van der Waals surface area contributed by atoms with Gasteiger partial charge in [0.25, 0.3) is 0 Å². The average Bonchev–Trinajstić information content (AvgIpc) is 3.08. The molecular formula is C42H74N2O5. The summed E-state index contributed by atoms with van der Waals surface area (Å²) in [5, 5.41) is 11.9. The predicted octanol–water partition coefficient (Wildman–Crippen LogP) is 10.8. The fourth-order valence-corrected chi connectivity index (χ4v) is 5.68. The molecule has 7 nitrogen and oxygen atoms in total. The van der Waals surface area contributed by atoms with Crippen LogP contribution in [0.2, 0.25) is 0 Å². The van der Waals surface area contributed by atoms with Gasteiger partial charge in [-0.25, -0.2) is 4.79 Å². The van der Waals surface area contributed by atoms with E-state index < -0.39 is 12.0 Å². The Balaban J connectivity index is 4.42. The summed E-state index contributed by atoms with van der Waals surface area (Å²) in [4.78, 5) is 36.2. The van der Waals surface area contributed by atoms with E-state index in [4.69, 9.17) is 10.5 Å². The molecule has 49 heavy (non-hydrogen) atoms. The van der Waals surface area contributed by atoms with Crippen molar-refractivity contribution in [3.8, 4) is 0 Å². The van der Waals surface area contributed by atoms with E-state index in [2.05, 4.69) is 67.8 Å². The minimum absolute atomic E-state index is 0.0220. The first kappa shape index (κ1) is 46.3. The number of ether oxygens (including phenoxy) is 1. The van der Waals surface area contributed by atoms with E-state index >= 15 is 0 Å². The zero-order chi connectivity index (χ0) is 36.0. The molecule has 0 aromatic rings. The Kier molecular flexibility index (Phi) is 34.6. The molecule has 0 saturated heterocycles. The van der Waals surface area contributed by atoms with Crippen molar-refractivity contribution in [2.45, 2.75) is 193 Å². The van der Waals surface area contributed by atoms with E-state index in [1.54, 1.807) is 0 Å². The fourth-order valence-electron chi connectivity index (χ4n) is 5.68. The lowest BCUT2D eigenvalue weighted by Crippen LogP contribution is -2.40. The van der Waals surface area contributed by atoms with Crippen molar-refractivity contribution in [3.05, 3.63) is 48.6 Å². The molecule has 0 saturated carbocycles. The molecule has 0 heterocycles. The second-order valence-electron chi connectivity index (χ2n) is 13.3. The average molecular weight is 687 g/mol. The van der Waals surface area contributed by atoms with Gasteiger partial charge in [0, 0.05) is 12.8 Å². The van der Waals surface area contributed by atoms with E-state index in [0.29, 0.717) is 32.2 Å². The van der Waals surface area contributed by atoms with Gasteiger partial charge in [0.05, 0.1) is 0 Å². The maximum Gasteiger partial charge on any atom is 0.326 e. The number of esters is 1. The topological polar surface area (TPSA) is 119 Å². The van der Waals surface area contributed by atoms with Crippen LogP contribution in [0.4, 0.5) is 0 Å². The molecular weight excluding hydrogens is 612 g/mol. The van der Waals surface area contributed by atoms with E-state index in [-0.39, 0.29) is 18.0 Å². The summed E-state index contributed by atoms with van der Waals surface area (Å²) in [5.74, 6) is -1.27. The first-order chi connectivity index (χ1) is 23.9. The summed E-state index contributed by atoms with van der Waals surface area (Å²) in [6.45, 7) is 4.80. The van der Waals surface area contributed by atoms with E-state index in [1.165, 1.54) is 38.5 Å². The van der Waals surface area contributed by atoms with Gasteiger partial charge >= 0.3 is 11.9 Å². The molecule has 0 aromatic carbocycles. The second kappa shape index (κ2) is 36.6. The number of carboxylic acids is 1. The summed E-state index contributed by atoms with van der Waals surface area (Å²) < 4.78 is 5.99. The van der Waals surface area contributed by atoms with Crippen molar-refractivity contribution >= 4 is 17.8 Å². The molecule has 282 valence electrons. The number of unbranched alkanes of at least 4 members (excludes halogenated alkanes) is 13. The number of hydrogen-bond acceptors (Lipinski definition) is 5. The predicted molar refractivity (Wildman–Crippen MR) is 206 cm³/mol. The Hall–Kier alpha value is -2.67. The third-order valence-electron chi connectivity index (χ3n) is 8.66. The first-order valence-corrected chi connectivity index (χ1v) is 20.0. The number of amides is 1. The number of rotatable bonds is 35. The van der Waals surface area contributed by atoms with Crippen LogP contribution in [0.5, 0.6) is 0 Å². The van der Waals surface area contributed by atoms with Gasteiger partial charge in [0.2, 0.25) is 5.91 Å². The lowest BCUT2D eigenvalue weighted by molar-refractivity contribution is -0.150. The number of nitrogens with two attached hydrogens (primary N) is 1. The van der Waals surface area contributed by atoms with Crippen molar-refractivity contribution in [1.82, 2.24) is 5.32 Å². The molecule has 1 amide bonds. The van der Waals surface area contributed by atoms with Crippen LogP contribution in [0.25, 0.3) is 0 Å². The highest BCUT2D eigenvalue weighted by molar-refractivity contribution is 5.83. The third kappa shape index (κ3) is 33.6. The van der Waals surface area contributed by atoms with Gasteiger partial charge in [-0.3, -0.25) is 9.59 Å². The third-order valence-corrected chi connectivity index (χ3v) is 8.66. The molecule has 0 aromatic heterocycles. The number of carboxylic acid groups (broad SMARTS) is 1. The fraction of sp³-hybridized carbons (Fsp3) is 0.738. The highest BCUT2D eigenvalue weighted by Crippen LogP contribution is 2.18. The van der Waals surface area contributed by atoms with Gasteiger partial charge < -0.3 is 20.9 Å². The van der Waals surface area contributed by atoms with E-state index in [0.717, 1.165) is 103 Å². The number of carbonyl (C=O) groups excluding carboxylic acids is 2. The van der Waals surface area contributed by atoms with Crippen LogP contribution in [-0.4, -0.2) is 41.6 Å². The smallest absolute Gasteiger partial charge is 0.326 e. The van der Waals surface area contributed by atoms with E-state index in [1.807, 2.05) is 0 Å². The minimum Gasteiger partial charge on any atom is -0.480 e. The molecule has 0 fully saturated rings. The number of aliphatic carboxylic acids is 1. The highest BCUT2D eigenvalue weighted by Gasteiger charge is 2.19. The Morgan fingerprint density at radius 2 is 1.12 bits per heavy atom. The number of allylic oxidation sites excluding steroid dienone is 8. The lowest BCUT2D eigenvalue weighted by Gasteiger charge is -2.18. The number of carbonyl (C=O) groups is 3. The quantitative estimate of drug-likeness (QED) is 0.0347. The van der Waals surface area contributed by atoms with Crippen LogP contribution in [0, 0.1) is 0 Å². The first-order valence-electron chi connectivity index (χ1n) is 20.0. The second-order valence-corrected chi connectivity index (χ2v) is 13.3. The largest absolute Gasteiger partial charge is 0.480 e. The monoisotopic (exact) mass is 687 g/mol. The van der Waals surface area contributed by atoms with Gasteiger partial charge in [0.1, 0.15) is 12.1 Å². The van der Waals surface area contributed by atoms with Gasteiger partial charge in [-0.1, -0.05) is 127 Å². The SMILES string of the molecule is CC/C=C\C/C=C\C/C=C\C/C=C\CCCCC(CCCCCCCC(=O)NC(CCCN)C(=O)O)OC(=O)CCCCCCCCCC. The zero-order valence-electron chi connectivity index (χ0n) is 31.5. The molecule has 2 atom stereocenters. The molecule has 0 aliphatic carbocycles. The van der Waals surface area contributed by atoms with Gasteiger partial charge in [-0.2, -0.15) is 0 Å². The van der Waals surface area contributed by atoms with Gasteiger partial charge in [0.15, 0.2) is 0 Å². The summed E-state index contributed by atoms with van der Waals surface area (Å²) >= 11 is 0. The van der Waals surface area contributed by atoms with Crippen molar-refractivity contribution in [3.63, 3.8) is 0 Å². The lowest BCUT2D eigenvalue weighted by atomic mass is 10.0. The highest BCUT2D eigenvalue weighted by atomic mass is 16.5. The summed E-state index contributed by atoms with van der Waals surface area (Å²) in [7, 11) is 0. The molecule has 0 spiro atoms. The van der Waals surface area contributed by atoms with Crippen molar-refractivity contribution < 1.29 is 24.2 Å². The maximum absolute atomic E-state index is 12.7. The van der Waals surface area contributed by atoms with Crippen LogP contribution in [0.1, 0.15) is 181 Å². The zero-order valence-corrected chi connectivity index (χ0v) is 31.5. The Labute approximate surface area is 300 Å². The van der Waals surface area contributed by atoms with Crippen molar-refractivity contribution in [2.75, 3.05) is 6.54 Å². The molecule has 0 aliphatic heterocycles. The molecule has 7 heteroatoms. The van der Waals surface area contributed by atoms with Crippen LogP contribution in [0.15, 0.2) is 48.6 Å². The van der Waals surface area contributed by atoms with Crippen LogP contribution in [0.3, 0.4) is 0 Å². The Morgan fingerprint density at radius 1 is 0.612 bits per heavy atom. The normalized spacial score (nSPS) is 13.2. The van der Waals surface area contributed by atoms with Crippen molar-refractivity contribution in [2.24, 2.45) is 5.73 Å². The summed E-state index contributed by atoms with van der Waals surface area (Å²) in [6, 6.07) is -0.861. The number of nitrogens with one attached hydrogen (secondary N) is 1. The molecule has 4 N–H and O–H groups in total. The standard InChI is InChI=1S/C42H74N2O5/c1-3-5-7-9-11-13-14-15-16-17-18-19-20-23-27-32-38(49-41(46)36-30-26-21-12-10-8-6-4-2)33-28-24-22-25-29-35-40(45)44-39(42(47)48)34-31-37-43/h5,7,11,13,15-16,18-19,38-39H,3-4,6,8-10,12,14,17,20-37,43H2,1-2H3,(H,44,45)(H,47,48)/b7-5-,13-11-,16-15-,19-18-. The Morgan fingerprint density at radius 3 is 1.69 bits per heavy atom. The molecule has 0 bridgehead atoms. The molecule has 0 aliphatic rings. The maximum atomic E-state index is 12.7. The summed E-state index contributed by atoms with van der Waals surface area (Å²) in [6.07, 6.45) is 42.9. The number of hydrogen-bond donors (Lipinski definition) is 3. The van der Waals surface area contributed by atoms with E-state index in [9.17, 15) is 19.5 Å². The van der Waals surface area contributed by atoms with Crippen LogP contribution < -0.4 is 11.1 Å². The molecule has 2 unspecified atom stereocenters. The van der Waals surface area contributed by atoms with Crippen LogP contribution in [-0.2, 0) is 19.1 Å². The van der Waals surface area contributed by atoms with Crippen LogP contribution >= 0.6 is 0 Å².